The molecule has 0 fully saturated rings. The van der Waals surface area contributed by atoms with Crippen LogP contribution in [0.3, 0.4) is 0 Å². The van der Waals surface area contributed by atoms with Crippen molar-refractivity contribution in [2.24, 2.45) is 5.92 Å². The van der Waals surface area contributed by atoms with Crippen LogP contribution >= 0.6 is 34.8 Å². The van der Waals surface area contributed by atoms with Gasteiger partial charge in [-0.1, -0.05) is 115 Å². The second-order valence-electron chi connectivity index (χ2n) is 10.9. The lowest BCUT2D eigenvalue weighted by atomic mass is 10.0. The monoisotopic (exact) mass is 685 g/mol. The Hall–Kier alpha value is -3.56. The van der Waals surface area contributed by atoms with E-state index in [1.165, 1.54) is 35.2 Å². The highest BCUT2D eigenvalue weighted by molar-refractivity contribution is 7.92. The van der Waals surface area contributed by atoms with Gasteiger partial charge in [0.05, 0.1) is 15.6 Å². The van der Waals surface area contributed by atoms with Gasteiger partial charge >= 0.3 is 0 Å². The summed E-state index contributed by atoms with van der Waals surface area (Å²) in [6.07, 6.45) is 0.185. The summed E-state index contributed by atoms with van der Waals surface area (Å²) in [5, 5.41) is 3.68. The van der Waals surface area contributed by atoms with Gasteiger partial charge in [0.25, 0.3) is 10.0 Å². The van der Waals surface area contributed by atoms with Crippen LogP contribution in [-0.2, 0) is 32.6 Å². The molecule has 0 bridgehead atoms. The number of carbonyl (C=O) groups is 2. The number of carbonyl (C=O) groups excluding carboxylic acids is 2. The maximum absolute atomic E-state index is 14.5. The first-order valence-corrected chi connectivity index (χ1v) is 16.9. The summed E-state index contributed by atoms with van der Waals surface area (Å²) in [6.45, 7) is 3.63. The molecule has 0 saturated heterocycles. The number of nitrogens with zero attached hydrogens (tertiary/aromatic N) is 2. The first-order valence-electron chi connectivity index (χ1n) is 14.3. The summed E-state index contributed by atoms with van der Waals surface area (Å²) in [5.74, 6) is -0.840. The lowest BCUT2D eigenvalue weighted by molar-refractivity contribution is -0.140. The Morgan fingerprint density at radius 2 is 1.42 bits per heavy atom. The first kappa shape index (κ1) is 34.3. The van der Waals surface area contributed by atoms with Crippen LogP contribution in [0.1, 0.15) is 25.0 Å². The number of anilines is 1. The summed E-state index contributed by atoms with van der Waals surface area (Å²) in [7, 11) is -4.31. The fourth-order valence-electron chi connectivity index (χ4n) is 4.70. The van der Waals surface area contributed by atoms with E-state index < -0.39 is 28.5 Å². The summed E-state index contributed by atoms with van der Waals surface area (Å²) in [6, 6.07) is 27.5. The SMILES string of the molecule is CC(C)CNC(=O)[C@@H](Cc1ccccc1)N(Cc1ccccc1Cl)C(=O)CN(c1cc(Cl)ccc1Cl)S(=O)(=O)c1ccccc1. The molecule has 236 valence electrons. The fraction of sp³-hybridized carbons (Fsp3) is 0.235. The van der Waals surface area contributed by atoms with E-state index in [0.29, 0.717) is 17.1 Å². The van der Waals surface area contributed by atoms with Crippen molar-refractivity contribution in [1.82, 2.24) is 10.2 Å². The Morgan fingerprint density at radius 1 is 0.800 bits per heavy atom. The zero-order valence-electron chi connectivity index (χ0n) is 24.9. The van der Waals surface area contributed by atoms with Gasteiger partial charge in [0, 0.05) is 29.6 Å². The molecule has 1 N–H and O–H groups in total. The molecule has 0 saturated carbocycles. The number of hydrogen-bond donors (Lipinski definition) is 1. The van der Waals surface area contributed by atoms with Crippen LogP contribution in [0.25, 0.3) is 0 Å². The Bertz CT molecular complexity index is 1720. The predicted molar refractivity (Wildman–Crippen MR) is 181 cm³/mol. The van der Waals surface area contributed by atoms with Gasteiger partial charge in [-0.25, -0.2) is 8.42 Å². The van der Waals surface area contributed by atoms with Gasteiger partial charge in [-0.05, 0) is 53.4 Å². The molecule has 0 heterocycles. The minimum absolute atomic E-state index is 0.0305. The first-order chi connectivity index (χ1) is 21.5. The van der Waals surface area contributed by atoms with Crippen molar-refractivity contribution >= 4 is 62.3 Å². The Labute approximate surface area is 279 Å². The zero-order chi connectivity index (χ0) is 32.6. The third kappa shape index (κ3) is 9.01. The van der Waals surface area contributed by atoms with E-state index in [1.54, 1.807) is 42.5 Å². The molecule has 1 atom stereocenters. The summed E-state index contributed by atoms with van der Waals surface area (Å²) in [4.78, 5) is 29.7. The molecule has 0 aliphatic rings. The van der Waals surface area contributed by atoms with E-state index in [9.17, 15) is 18.0 Å². The van der Waals surface area contributed by atoms with Crippen LogP contribution in [-0.4, -0.2) is 44.3 Å². The lowest BCUT2D eigenvalue weighted by Crippen LogP contribution is -2.53. The third-order valence-electron chi connectivity index (χ3n) is 7.04. The molecule has 4 rings (SSSR count). The highest BCUT2D eigenvalue weighted by Crippen LogP contribution is 2.33. The molecule has 0 spiro atoms. The van der Waals surface area contributed by atoms with E-state index in [-0.39, 0.29) is 45.4 Å². The molecule has 11 heteroatoms. The van der Waals surface area contributed by atoms with Crippen LogP contribution < -0.4 is 9.62 Å². The van der Waals surface area contributed by atoms with E-state index in [4.69, 9.17) is 34.8 Å². The topological polar surface area (TPSA) is 86.8 Å². The molecule has 7 nitrogen and oxygen atoms in total. The van der Waals surface area contributed by atoms with E-state index in [1.807, 2.05) is 44.2 Å². The van der Waals surface area contributed by atoms with Gasteiger partial charge in [-0.2, -0.15) is 0 Å². The third-order valence-corrected chi connectivity index (χ3v) is 9.74. The van der Waals surface area contributed by atoms with Crippen molar-refractivity contribution in [1.29, 1.82) is 0 Å². The molecule has 4 aromatic carbocycles. The average Bonchev–Trinajstić information content (AvgIpc) is 3.03. The largest absolute Gasteiger partial charge is 0.354 e. The second kappa shape index (κ2) is 15.6. The number of amides is 2. The Morgan fingerprint density at radius 3 is 2.07 bits per heavy atom. The summed E-state index contributed by atoms with van der Waals surface area (Å²) < 4.78 is 29.1. The van der Waals surface area contributed by atoms with Gasteiger partial charge in [-0.15, -0.1) is 0 Å². The Kier molecular flexibility index (Phi) is 11.9. The number of benzene rings is 4. The molecule has 0 aliphatic heterocycles. The molecule has 0 aromatic heterocycles. The van der Waals surface area contributed by atoms with Crippen molar-refractivity contribution < 1.29 is 18.0 Å². The number of hydrogen-bond acceptors (Lipinski definition) is 4. The predicted octanol–water partition coefficient (Wildman–Crippen LogP) is 7.25. The molecule has 4 aromatic rings. The van der Waals surface area contributed by atoms with Crippen LogP contribution in [0.5, 0.6) is 0 Å². The minimum atomic E-state index is -4.31. The van der Waals surface area contributed by atoms with Crippen molar-refractivity contribution in [2.75, 3.05) is 17.4 Å². The zero-order valence-corrected chi connectivity index (χ0v) is 28.0. The van der Waals surface area contributed by atoms with E-state index >= 15 is 0 Å². The van der Waals surface area contributed by atoms with Crippen LogP contribution in [0.2, 0.25) is 15.1 Å². The number of nitrogens with one attached hydrogen (secondary N) is 1. The van der Waals surface area contributed by atoms with Crippen molar-refractivity contribution in [2.45, 2.75) is 37.8 Å². The lowest BCUT2D eigenvalue weighted by Gasteiger charge is -2.34. The van der Waals surface area contributed by atoms with Gasteiger partial charge in [0.2, 0.25) is 11.8 Å². The van der Waals surface area contributed by atoms with Gasteiger partial charge < -0.3 is 10.2 Å². The molecule has 0 radical (unpaired) electrons. The maximum Gasteiger partial charge on any atom is 0.264 e. The quantitative estimate of drug-likeness (QED) is 0.161. The minimum Gasteiger partial charge on any atom is -0.354 e. The van der Waals surface area contributed by atoms with E-state index in [2.05, 4.69) is 5.32 Å². The second-order valence-corrected chi connectivity index (χ2v) is 14.0. The normalized spacial score (nSPS) is 12.0. The molecule has 45 heavy (non-hydrogen) atoms. The van der Waals surface area contributed by atoms with Crippen molar-refractivity contribution in [3.63, 3.8) is 0 Å². The van der Waals surface area contributed by atoms with Gasteiger partial charge in [0.1, 0.15) is 12.6 Å². The fourth-order valence-corrected chi connectivity index (χ4v) is 6.77. The maximum atomic E-state index is 14.5. The Balaban J connectivity index is 1.83. The average molecular weight is 687 g/mol. The van der Waals surface area contributed by atoms with Crippen LogP contribution in [0.4, 0.5) is 5.69 Å². The van der Waals surface area contributed by atoms with Gasteiger partial charge in [-0.3, -0.25) is 13.9 Å². The number of sulfonamides is 1. The van der Waals surface area contributed by atoms with E-state index in [0.717, 1.165) is 9.87 Å². The molecular formula is C34H34Cl3N3O4S. The number of halogens is 3. The molecule has 0 aliphatic carbocycles. The highest BCUT2D eigenvalue weighted by atomic mass is 35.5. The van der Waals surface area contributed by atoms with Crippen molar-refractivity contribution in [3.05, 3.63) is 129 Å². The summed E-state index contributed by atoms with van der Waals surface area (Å²) >= 11 is 19.3. The van der Waals surface area contributed by atoms with Crippen LogP contribution in [0.15, 0.2) is 108 Å². The van der Waals surface area contributed by atoms with Crippen LogP contribution in [0, 0.1) is 5.92 Å². The smallest absolute Gasteiger partial charge is 0.264 e. The molecule has 0 unspecified atom stereocenters. The highest BCUT2D eigenvalue weighted by Gasteiger charge is 2.35. The standard InChI is InChI=1S/C34H34Cl3N3O4S/c1-24(2)21-38-34(42)32(19-25-11-5-3-6-12-25)39(22-26-13-9-10-16-29(26)36)33(41)23-40(31-20-27(35)17-18-30(31)37)45(43,44)28-14-7-4-8-15-28/h3-18,20,24,32H,19,21-23H2,1-2H3,(H,38,42)/t32-/m1/s1. The summed E-state index contributed by atoms with van der Waals surface area (Å²) in [5.41, 5.74) is 1.45. The molecule has 2 amide bonds. The van der Waals surface area contributed by atoms with Gasteiger partial charge in [0.15, 0.2) is 0 Å². The van der Waals surface area contributed by atoms with Crippen molar-refractivity contribution in [3.8, 4) is 0 Å². The number of rotatable bonds is 13. The molecular weight excluding hydrogens is 653 g/mol.